The van der Waals surface area contributed by atoms with Gasteiger partial charge >= 0.3 is 0 Å². The molecule has 0 saturated heterocycles. The van der Waals surface area contributed by atoms with E-state index in [-0.39, 0.29) is 6.61 Å². The van der Waals surface area contributed by atoms with Crippen molar-refractivity contribution in [3.8, 4) is 0 Å². The average Bonchev–Trinajstić information content (AvgIpc) is 2.25. The third kappa shape index (κ3) is 3.42. The van der Waals surface area contributed by atoms with Crippen LogP contribution in [0.5, 0.6) is 0 Å². The summed E-state index contributed by atoms with van der Waals surface area (Å²) < 4.78 is 0. The van der Waals surface area contributed by atoms with E-state index in [9.17, 15) is 0 Å². The Morgan fingerprint density at radius 2 is 1.93 bits per heavy atom. The van der Waals surface area contributed by atoms with Crippen molar-refractivity contribution in [2.24, 2.45) is 0 Å². The Bertz CT molecular complexity index is 334. The highest BCUT2D eigenvalue weighted by atomic mass is 16.2. The third-order valence-electron chi connectivity index (χ3n) is 1.79. The van der Waals surface area contributed by atoms with Crippen LogP contribution in [0.2, 0.25) is 0 Å². The predicted molar refractivity (Wildman–Crippen MR) is 60.8 cm³/mol. The topological polar surface area (TPSA) is 20.2 Å². The molecule has 0 bridgehead atoms. The van der Waals surface area contributed by atoms with Crippen LogP contribution in [0.15, 0.2) is 61.2 Å². The van der Waals surface area contributed by atoms with Crippen LogP contribution in [-0.4, -0.2) is 11.7 Å². The number of allylic oxidation sites excluding steroid dienone is 4. The molecule has 0 unspecified atom stereocenters. The van der Waals surface area contributed by atoms with Gasteiger partial charge in [0.25, 0.3) is 0 Å². The zero-order chi connectivity index (χ0) is 10.2. The van der Waals surface area contributed by atoms with Crippen LogP contribution in [0.25, 0.3) is 5.57 Å². The van der Waals surface area contributed by atoms with Crippen molar-refractivity contribution in [2.75, 3.05) is 6.61 Å². The van der Waals surface area contributed by atoms with Gasteiger partial charge in [-0.2, -0.15) is 0 Å². The summed E-state index contributed by atoms with van der Waals surface area (Å²) in [5.41, 5.74) is 2.08. The number of rotatable bonds is 4. The van der Waals surface area contributed by atoms with Gasteiger partial charge in [-0.25, -0.2) is 0 Å². The van der Waals surface area contributed by atoms with Gasteiger partial charge in [0.15, 0.2) is 0 Å². The van der Waals surface area contributed by atoms with Gasteiger partial charge in [-0.1, -0.05) is 61.2 Å². The van der Waals surface area contributed by atoms with Crippen molar-refractivity contribution in [1.82, 2.24) is 0 Å². The summed E-state index contributed by atoms with van der Waals surface area (Å²) in [6.45, 7) is 4.01. The first kappa shape index (κ1) is 10.5. The standard InChI is InChI=1S/C13H14O/c1-12(8-4-3-7-11-14)13-9-5-2-6-10-13/h2-10,14H,1,11H2/b7-3+,8-4+. The quantitative estimate of drug-likeness (QED) is 0.717. The van der Waals surface area contributed by atoms with Crippen LogP contribution in [0.3, 0.4) is 0 Å². The van der Waals surface area contributed by atoms with Crippen LogP contribution in [-0.2, 0) is 0 Å². The minimum atomic E-state index is 0.0716. The van der Waals surface area contributed by atoms with Gasteiger partial charge in [0, 0.05) is 0 Å². The van der Waals surface area contributed by atoms with E-state index in [4.69, 9.17) is 5.11 Å². The van der Waals surface area contributed by atoms with Gasteiger partial charge in [0.05, 0.1) is 6.61 Å². The van der Waals surface area contributed by atoms with E-state index >= 15 is 0 Å². The van der Waals surface area contributed by atoms with E-state index in [1.54, 1.807) is 12.2 Å². The lowest BCUT2D eigenvalue weighted by molar-refractivity contribution is 0.343. The largest absolute Gasteiger partial charge is 0.392 e. The van der Waals surface area contributed by atoms with Crippen molar-refractivity contribution in [3.05, 3.63) is 66.8 Å². The van der Waals surface area contributed by atoms with Gasteiger partial charge in [0.1, 0.15) is 0 Å². The summed E-state index contributed by atoms with van der Waals surface area (Å²) in [4.78, 5) is 0. The second-order valence-electron chi connectivity index (χ2n) is 2.86. The number of aliphatic hydroxyl groups is 1. The normalized spacial score (nSPS) is 11.2. The average molecular weight is 186 g/mol. The molecular weight excluding hydrogens is 172 g/mol. The molecule has 0 aliphatic heterocycles. The zero-order valence-electron chi connectivity index (χ0n) is 8.06. The predicted octanol–water partition coefficient (Wildman–Crippen LogP) is 2.80. The van der Waals surface area contributed by atoms with Gasteiger partial charge in [-0.05, 0) is 11.1 Å². The van der Waals surface area contributed by atoms with E-state index in [1.807, 2.05) is 42.5 Å². The molecule has 0 aliphatic rings. The van der Waals surface area contributed by atoms with Crippen LogP contribution in [0.4, 0.5) is 0 Å². The summed E-state index contributed by atoms with van der Waals surface area (Å²) >= 11 is 0. The SMILES string of the molecule is C=C(/C=C/C=C/CO)c1ccccc1. The van der Waals surface area contributed by atoms with Crippen LogP contribution in [0, 0.1) is 0 Å². The first-order valence-corrected chi connectivity index (χ1v) is 4.53. The molecule has 0 atom stereocenters. The maximum atomic E-state index is 8.51. The van der Waals surface area contributed by atoms with Crippen molar-refractivity contribution in [2.45, 2.75) is 0 Å². The van der Waals surface area contributed by atoms with E-state index in [0.717, 1.165) is 11.1 Å². The van der Waals surface area contributed by atoms with Gasteiger partial charge < -0.3 is 5.11 Å². The minimum absolute atomic E-state index is 0.0716. The molecule has 72 valence electrons. The highest BCUT2D eigenvalue weighted by Gasteiger charge is 1.90. The molecule has 1 rings (SSSR count). The maximum Gasteiger partial charge on any atom is 0.0615 e. The lowest BCUT2D eigenvalue weighted by atomic mass is 10.1. The smallest absolute Gasteiger partial charge is 0.0615 e. The summed E-state index contributed by atoms with van der Waals surface area (Å²) in [6.07, 6.45) is 7.26. The summed E-state index contributed by atoms with van der Waals surface area (Å²) in [7, 11) is 0. The fraction of sp³-hybridized carbons (Fsp3) is 0.0769. The van der Waals surface area contributed by atoms with Gasteiger partial charge in [0.2, 0.25) is 0 Å². The minimum Gasteiger partial charge on any atom is -0.392 e. The number of aliphatic hydroxyl groups excluding tert-OH is 1. The molecule has 0 spiro atoms. The van der Waals surface area contributed by atoms with Crippen molar-refractivity contribution in [1.29, 1.82) is 0 Å². The molecule has 0 saturated carbocycles. The maximum absolute atomic E-state index is 8.51. The molecule has 14 heavy (non-hydrogen) atoms. The molecule has 0 radical (unpaired) electrons. The molecule has 1 aromatic carbocycles. The summed E-state index contributed by atoms with van der Waals surface area (Å²) in [5.74, 6) is 0. The van der Waals surface area contributed by atoms with Gasteiger partial charge in [-0.3, -0.25) is 0 Å². The Balaban J connectivity index is 2.59. The van der Waals surface area contributed by atoms with Crippen LogP contribution < -0.4 is 0 Å². The van der Waals surface area contributed by atoms with Crippen LogP contribution >= 0.6 is 0 Å². The van der Waals surface area contributed by atoms with Crippen molar-refractivity contribution < 1.29 is 5.11 Å². The van der Waals surface area contributed by atoms with Crippen LogP contribution in [0.1, 0.15) is 5.56 Å². The Morgan fingerprint density at radius 3 is 2.57 bits per heavy atom. The Hall–Kier alpha value is -1.60. The third-order valence-corrected chi connectivity index (χ3v) is 1.79. The van der Waals surface area contributed by atoms with E-state index < -0.39 is 0 Å². The fourth-order valence-electron chi connectivity index (χ4n) is 1.06. The van der Waals surface area contributed by atoms with E-state index in [0.29, 0.717) is 0 Å². The fourth-order valence-corrected chi connectivity index (χ4v) is 1.06. The second-order valence-corrected chi connectivity index (χ2v) is 2.86. The van der Waals surface area contributed by atoms with Crippen molar-refractivity contribution >= 4 is 5.57 Å². The zero-order valence-corrected chi connectivity index (χ0v) is 8.06. The van der Waals surface area contributed by atoms with Crippen molar-refractivity contribution in [3.63, 3.8) is 0 Å². The number of hydrogen-bond acceptors (Lipinski definition) is 1. The second kappa shape index (κ2) is 5.95. The molecule has 0 aromatic heterocycles. The molecule has 1 N–H and O–H groups in total. The lowest BCUT2D eigenvalue weighted by Gasteiger charge is -1.97. The molecule has 0 heterocycles. The highest BCUT2D eigenvalue weighted by Crippen LogP contribution is 2.12. The lowest BCUT2D eigenvalue weighted by Crippen LogP contribution is -1.76. The molecular formula is C13H14O. The van der Waals surface area contributed by atoms with E-state index in [2.05, 4.69) is 6.58 Å². The molecule has 0 fully saturated rings. The highest BCUT2D eigenvalue weighted by molar-refractivity contribution is 5.72. The Morgan fingerprint density at radius 1 is 1.21 bits per heavy atom. The molecule has 1 nitrogen and oxygen atoms in total. The molecule has 1 heteroatoms. The molecule has 1 aromatic rings. The summed E-state index contributed by atoms with van der Waals surface area (Å²) in [6, 6.07) is 9.98. The van der Waals surface area contributed by atoms with E-state index in [1.165, 1.54) is 0 Å². The Labute approximate surface area is 84.7 Å². The Kier molecular flexibility index (Phi) is 4.45. The first-order valence-electron chi connectivity index (χ1n) is 4.53. The number of benzene rings is 1. The summed E-state index contributed by atoms with van der Waals surface area (Å²) in [5, 5.41) is 8.51. The molecule has 0 amide bonds. The monoisotopic (exact) mass is 186 g/mol. The first-order chi connectivity index (χ1) is 6.84. The van der Waals surface area contributed by atoms with Gasteiger partial charge in [-0.15, -0.1) is 0 Å². The number of hydrogen-bond donors (Lipinski definition) is 1. The molecule has 0 aliphatic carbocycles.